The fraction of sp³-hybridized carbons (Fsp3) is 0.312. The molecule has 2 heterocycles. The Hall–Kier alpha value is -2.41. The van der Waals surface area contributed by atoms with Crippen LogP contribution in [-0.2, 0) is 9.53 Å². The minimum absolute atomic E-state index is 0.180. The second-order valence-electron chi connectivity index (χ2n) is 5.26. The number of phenolic OH excluding ortho intramolecular Hbond substituents is 1. The Balaban J connectivity index is 1.81. The molecule has 1 aromatic carbocycles. The van der Waals surface area contributed by atoms with E-state index in [1.54, 1.807) is 29.6 Å². The highest BCUT2D eigenvalue weighted by atomic mass is 32.1. The summed E-state index contributed by atoms with van der Waals surface area (Å²) in [6, 6.07) is 6.12. The highest BCUT2D eigenvalue weighted by molar-refractivity contribution is 7.13. The number of esters is 1. The number of nitrogens with zero attached hydrogens (tertiary/aromatic N) is 2. The molecule has 1 atom stereocenters. The van der Waals surface area contributed by atoms with Crippen molar-refractivity contribution < 1.29 is 19.4 Å². The third-order valence-electron chi connectivity index (χ3n) is 3.82. The van der Waals surface area contributed by atoms with E-state index in [1.165, 1.54) is 23.3 Å². The van der Waals surface area contributed by atoms with Crippen molar-refractivity contribution in [1.82, 2.24) is 9.88 Å². The monoisotopic (exact) mass is 332 g/mol. The summed E-state index contributed by atoms with van der Waals surface area (Å²) in [4.78, 5) is 30.3. The molecule has 1 aromatic heterocycles. The van der Waals surface area contributed by atoms with Gasteiger partial charge in [-0.1, -0.05) is 0 Å². The van der Waals surface area contributed by atoms with Gasteiger partial charge in [0.25, 0.3) is 5.91 Å². The summed E-state index contributed by atoms with van der Waals surface area (Å²) in [7, 11) is 1.33. The van der Waals surface area contributed by atoms with Gasteiger partial charge >= 0.3 is 5.97 Å². The van der Waals surface area contributed by atoms with Crippen LogP contribution in [0.4, 0.5) is 0 Å². The molecule has 1 saturated heterocycles. The van der Waals surface area contributed by atoms with Crippen LogP contribution in [0.1, 0.15) is 23.3 Å². The van der Waals surface area contributed by atoms with Gasteiger partial charge in [0.2, 0.25) is 0 Å². The summed E-state index contributed by atoms with van der Waals surface area (Å²) >= 11 is 1.35. The SMILES string of the molecule is COC(=O)C1CCCN1C(=O)c1csc(-c2ccc(O)cc2)n1. The fourth-order valence-electron chi connectivity index (χ4n) is 2.65. The van der Waals surface area contributed by atoms with Crippen LogP contribution in [0.3, 0.4) is 0 Å². The number of aromatic nitrogens is 1. The Bertz CT molecular complexity index is 726. The molecule has 1 amide bonds. The molecular formula is C16H16N2O4S. The van der Waals surface area contributed by atoms with Crippen molar-refractivity contribution in [3.63, 3.8) is 0 Å². The number of methoxy groups -OCH3 is 1. The third-order valence-corrected chi connectivity index (χ3v) is 4.72. The van der Waals surface area contributed by atoms with Crippen LogP contribution in [0.25, 0.3) is 10.6 Å². The van der Waals surface area contributed by atoms with Crippen LogP contribution in [0, 0.1) is 0 Å². The summed E-state index contributed by atoms with van der Waals surface area (Å²) in [6.07, 6.45) is 1.40. The van der Waals surface area contributed by atoms with Crippen LogP contribution in [0.5, 0.6) is 5.75 Å². The number of benzene rings is 1. The third kappa shape index (κ3) is 3.05. The maximum Gasteiger partial charge on any atom is 0.328 e. The second-order valence-corrected chi connectivity index (χ2v) is 6.12. The first kappa shape index (κ1) is 15.5. The smallest absolute Gasteiger partial charge is 0.328 e. The van der Waals surface area contributed by atoms with Gasteiger partial charge in [0.1, 0.15) is 22.5 Å². The molecule has 1 unspecified atom stereocenters. The Labute approximate surface area is 137 Å². The number of hydrogen-bond donors (Lipinski definition) is 1. The van der Waals surface area contributed by atoms with Crippen molar-refractivity contribution in [1.29, 1.82) is 0 Å². The van der Waals surface area contributed by atoms with Gasteiger partial charge in [-0.2, -0.15) is 0 Å². The number of rotatable bonds is 3. The number of aromatic hydroxyl groups is 1. The van der Waals surface area contributed by atoms with Gasteiger partial charge in [0.05, 0.1) is 7.11 Å². The largest absolute Gasteiger partial charge is 0.508 e. The average Bonchev–Trinajstić information content (AvgIpc) is 3.23. The Kier molecular flexibility index (Phi) is 4.29. The molecule has 23 heavy (non-hydrogen) atoms. The van der Waals surface area contributed by atoms with Gasteiger partial charge in [-0.25, -0.2) is 9.78 Å². The molecule has 2 aromatic rings. The predicted molar refractivity (Wildman–Crippen MR) is 85.3 cm³/mol. The molecule has 1 aliphatic heterocycles. The van der Waals surface area contributed by atoms with E-state index < -0.39 is 6.04 Å². The number of thiazole rings is 1. The number of amides is 1. The van der Waals surface area contributed by atoms with Gasteiger partial charge in [-0.05, 0) is 37.1 Å². The van der Waals surface area contributed by atoms with Gasteiger partial charge in [0, 0.05) is 17.5 Å². The molecule has 3 rings (SSSR count). The molecule has 1 N–H and O–H groups in total. The number of likely N-dealkylation sites (tertiary alicyclic amines) is 1. The van der Waals surface area contributed by atoms with Gasteiger partial charge in [0.15, 0.2) is 0 Å². The van der Waals surface area contributed by atoms with Crippen molar-refractivity contribution in [3.8, 4) is 16.3 Å². The minimum atomic E-state index is -0.522. The lowest BCUT2D eigenvalue weighted by Gasteiger charge is -2.21. The number of carbonyl (C=O) groups is 2. The summed E-state index contributed by atoms with van der Waals surface area (Å²) < 4.78 is 4.76. The van der Waals surface area contributed by atoms with Crippen LogP contribution in [-0.4, -0.2) is 46.6 Å². The molecule has 0 aliphatic carbocycles. The molecule has 120 valence electrons. The lowest BCUT2D eigenvalue weighted by atomic mass is 10.2. The number of ether oxygens (including phenoxy) is 1. The normalized spacial score (nSPS) is 17.3. The first-order valence-electron chi connectivity index (χ1n) is 7.24. The van der Waals surface area contributed by atoms with Crippen LogP contribution in [0.2, 0.25) is 0 Å². The van der Waals surface area contributed by atoms with E-state index in [0.29, 0.717) is 23.7 Å². The van der Waals surface area contributed by atoms with Crippen molar-refractivity contribution in [2.24, 2.45) is 0 Å². The molecule has 0 radical (unpaired) electrons. The van der Waals surface area contributed by atoms with E-state index in [1.807, 2.05) is 0 Å². The number of hydrogen-bond acceptors (Lipinski definition) is 6. The summed E-state index contributed by atoms with van der Waals surface area (Å²) in [6.45, 7) is 0.532. The maximum absolute atomic E-state index is 12.6. The second kappa shape index (κ2) is 6.37. The van der Waals surface area contributed by atoms with E-state index in [9.17, 15) is 14.7 Å². The molecule has 1 aliphatic rings. The topological polar surface area (TPSA) is 79.7 Å². The van der Waals surface area contributed by atoms with Crippen molar-refractivity contribution in [2.75, 3.05) is 13.7 Å². The van der Waals surface area contributed by atoms with E-state index in [2.05, 4.69) is 4.98 Å². The number of phenols is 1. The highest BCUT2D eigenvalue weighted by Gasteiger charge is 2.36. The standard InChI is InChI=1S/C16H16N2O4S/c1-22-16(21)13-3-2-8-18(13)15(20)12-9-23-14(17-12)10-4-6-11(19)7-5-10/h4-7,9,13,19H,2-3,8H2,1H3. The first-order valence-corrected chi connectivity index (χ1v) is 8.12. The van der Waals surface area contributed by atoms with Crippen molar-refractivity contribution >= 4 is 23.2 Å². The zero-order chi connectivity index (χ0) is 16.4. The van der Waals surface area contributed by atoms with Crippen LogP contribution in [0.15, 0.2) is 29.6 Å². The Morgan fingerprint density at radius 1 is 1.35 bits per heavy atom. The quantitative estimate of drug-likeness (QED) is 0.873. The van der Waals surface area contributed by atoms with E-state index >= 15 is 0 Å². The molecule has 0 bridgehead atoms. The zero-order valence-corrected chi connectivity index (χ0v) is 13.4. The summed E-state index contributed by atoms with van der Waals surface area (Å²) in [5.74, 6) is -0.455. The Morgan fingerprint density at radius 3 is 2.78 bits per heavy atom. The van der Waals surface area contributed by atoms with Crippen molar-refractivity contribution in [2.45, 2.75) is 18.9 Å². The lowest BCUT2D eigenvalue weighted by molar-refractivity contribution is -0.145. The molecule has 6 nitrogen and oxygen atoms in total. The Morgan fingerprint density at radius 2 is 2.09 bits per heavy atom. The molecule has 0 spiro atoms. The van der Waals surface area contributed by atoms with Gasteiger partial charge in [-0.3, -0.25) is 4.79 Å². The lowest BCUT2D eigenvalue weighted by Crippen LogP contribution is -2.41. The summed E-state index contributed by atoms with van der Waals surface area (Å²) in [5, 5.41) is 11.7. The molecular weight excluding hydrogens is 316 g/mol. The van der Waals surface area contributed by atoms with E-state index in [-0.39, 0.29) is 17.6 Å². The number of carbonyl (C=O) groups excluding carboxylic acids is 2. The van der Waals surface area contributed by atoms with Crippen molar-refractivity contribution in [3.05, 3.63) is 35.3 Å². The highest BCUT2D eigenvalue weighted by Crippen LogP contribution is 2.27. The van der Waals surface area contributed by atoms with Gasteiger partial charge in [-0.15, -0.1) is 11.3 Å². The van der Waals surface area contributed by atoms with E-state index in [4.69, 9.17) is 4.74 Å². The fourth-order valence-corrected chi connectivity index (χ4v) is 3.45. The van der Waals surface area contributed by atoms with E-state index in [0.717, 1.165) is 12.0 Å². The van der Waals surface area contributed by atoms with Crippen LogP contribution < -0.4 is 0 Å². The molecule has 1 fully saturated rings. The van der Waals surface area contributed by atoms with Gasteiger partial charge < -0.3 is 14.7 Å². The van der Waals surface area contributed by atoms with Crippen LogP contribution >= 0.6 is 11.3 Å². The zero-order valence-electron chi connectivity index (χ0n) is 12.6. The molecule has 7 heteroatoms. The average molecular weight is 332 g/mol. The maximum atomic E-state index is 12.6. The predicted octanol–water partition coefficient (Wildman–Crippen LogP) is 2.29. The minimum Gasteiger partial charge on any atom is -0.508 e. The first-order chi connectivity index (χ1) is 11.1. The molecule has 0 saturated carbocycles. The summed E-state index contributed by atoms with van der Waals surface area (Å²) in [5.41, 5.74) is 1.16.